The highest BCUT2D eigenvalue weighted by Crippen LogP contribution is 2.38. The van der Waals surface area contributed by atoms with E-state index >= 15 is 0 Å². The van der Waals surface area contributed by atoms with E-state index in [4.69, 9.17) is 18.6 Å². The Morgan fingerprint density at radius 2 is 1.54 bits per heavy atom. The summed E-state index contributed by atoms with van der Waals surface area (Å²) in [7, 11) is 0. The minimum Gasteiger partial charge on any atom is -0.508 e. The predicted molar refractivity (Wildman–Crippen MR) is 143 cm³/mol. The van der Waals surface area contributed by atoms with Crippen molar-refractivity contribution >= 4 is 23.0 Å². The van der Waals surface area contributed by atoms with Gasteiger partial charge in [-0.3, -0.25) is 14.9 Å². The zero-order valence-electron chi connectivity index (χ0n) is 21.5. The lowest BCUT2D eigenvalue weighted by Crippen LogP contribution is -2.25. The van der Waals surface area contributed by atoms with Crippen LogP contribution in [-0.2, 0) is 16.0 Å². The maximum absolute atomic E-state index is 13.3. The van der Waals surface area contributed by atoms with Gasteiger partial charge in [0.1, 0.15) is 28.2 Å². The summed E-state index contributed by atoms with van der Waals surface area (Å²) in [6.45, 7) is 0.438. The zero-order chi connectivity index (χ0) is 29.1. The van der Waals surface area contributed by atoms with E-state index in [1.54, 1.807) is 24.3 Å². The van der Waals surface area contributed by atoms with E-state index < -0.39 is 35.0 Å². The van der Waals surface area contributed by atoms with Gasteiger partial charge in [0, 0.05) is 24.1 Å². The van der Waals surface area contributed by atoms with Gasteiger partial charge >= 0.3 is 6.09 Å². The number of ether oxygens (including phenoxy) is 3. The van der Waals surface area contributed by atoms with E-state index in [2.05, 4.69) is 5.32 Å². The summed E-state index contributed by atoms with van der Waals surface area (Å²) < 4.78 is 22.2. The lowest BCUT2D eigenvalue weighted by atomic mass is 10.1. The molecule has 2 amide bonds. The number of rotatable bonds is 10. The standard InChI is InChI=1S/C29H25NO11/c31-17-13-21(34)24-22(14-17)40-26(16-5-8-19(32)20(33)12-16)27(25(24)35)39-10-2-1-9-38-18-6-3-15(4-7-18)11-23-28(36)30-29(37)41-23/h3-8,12-14,23,31-34H,1-2,9-11H2,(H,30,36,37). The highest BCUT2D eigenvalue weighted by Gasteiger charge is 2.32. The van der Waals surface area contributed by atoms with Crippen molar-refractivity contribution in [2.45, 2.75) is 25.4 Å². The van der Waals surface area contributed by atoms with Crippen LogP contribution in [0, 0.1) is 0 Å². The van der Waals surface area contributed by atoms with Crippen LogP contribution in [0.3, 0.4) is 0 Å². The smallest absolute Gasteiger partial charge is 0.414 e. The first-order valence-corrected chi connectivity index (χ1v) is 12.6. The summed E-state index contributed by atoms with van der Waals surface area (Å²) in [6, 6.07) is 13.1. The van der Waals surface area contributed by atoms with Crippen molar-refractivity contribution in [2.75, 3.05) is 13.2 Å². The molecule has 5 N–H and O–H groups in total. The van der Waals surface area contributed by atoms with Crippen LogP contribution in [0.15, 0.2) is 63.8 Å². The maximum Gasteiger partial charge on any atom is 0.414 e. The van der Waals surface area contributed by atoms with Gasteiger partial charge in [0.15, 0.2) is 23.4 Å². The Hall–Kier alpha value is -5.39. The Morgan fingerprint density at radius 1 is 0.805 bits per heavy atom. The Morgan fingerprint density at radius 3 is 2.22 bits per heavy atom. The molecule has 4 aromatic rings. The molecular formula is C29H25NO11. The van der Waals surface area contributed by atoms with Crippen LogP contribution in [0.2, 0.25) is 0 Å². The fraction of sp³-hybridized carbons (Fsp3) is 0.207. The van der Waals surface area contributed by atoms with Gasteiger partial charge in [-0.2, -0.15) is 0 Å². The third kappa shape index (κ3) is 5.96. The van der Waals surface area contributed by atoms with E-state index in [0.29, 0.717) is 25.2 Å². The molecule has 1 atom stereocenters. The normalized spacial score (nSPS) is 14.6. The van der Waals surface area contributed by atoms with Crippen molar-refractivity contribution in [3.05, 3.63) is 70.4 Å². The number of carbonyl (C=O) groups excluding carboxylic acids is 2. The van der Waals surface area contributed by atoms with Gasteiger partial charge in [-0.1, -0.05) is 12.1 Å². The van der Waals surface area contributed by atoms with Gasteiger partial charge in [-0.25, -0.2) is 4.79 Å². The number of amides is 2. The van der Waals surface area contributed by atoms with Crippen LogP contribution < -0.4 is 20.2 Å². The molecule has 12 heteroatoms. The number of alkyl carbamates (subject to hydrolysis) is 1. The molecule has 0 bridgehead atoms. The largest absolute Gasteiger partial charge is 0.508 e. The minimum absolute atomic E-state index is 0.0519. The Kier molecular flexibility index (Phi) is 7.55. The second kappa shape index (κ2) is 11.4. The molecule has 1 saturated heterocycles. The number of hydrogen-bond acceptors (Lipinski definition) is 11. The average Bonchev–Trinajstić information content (AvgIpc) is 3.25. The van der Waals surface area contributed by atoms with Crippen molar-refractivity contribution < 1.29 is 48.6 Å². The van der Waals surface area contributed by atoms with Crippen LogP contribution in [0.5, 0.6) is 34.5 Å². The quantitative estimate of drug-likeness (QED) is 0.140. The molecule has 0 spiro atoms. The molecule has 12 nitrogen and oxygen atoms in total. The van der Waals surface area contributed by atoms with E-state index in [1.165, 1.54) is 24.3 Å². The summed E-state index contributed by atoms with van der Waals surface area (Å²) >= 11 is 0. The van der Waals surface area contributed by atoms with Gasteiger partial charge in [-0.15, -0.1) is 0 Å². The molecule has 1 fully saturated rings. The summed E-state index contributed by atoms with van der Waals surface area (Å²) in [5.74, 6) is -1.72. The number of imide groups is 1. The number of unbranched alkanes of at least 4 members (excludes halogenated alkanes) is 1. The third-order valence-corrected chi connectivity index (χ3v) is 6.32. The molecule has 0 radical (unpaired) electrons. The summed E-state index contributed by atoms with van der Waals surface area (Å²) in [5.41, 5.74) is 0.270. The number of phenolic OH excluding ortho intramolecular Hbond substituents is 4. The Labute approximate surface area is 231 Å². The highest BCUT2D eigenvalue weighted by atomic mass is 16.6. The number of nitrogens with one attached hydrogen (secondary N) is 1. The molecule has 3 aromatic carbocycles. The molecule has 2 heterocycles. The first-order valence-electron chi connectivity index (χ1n) is 12.6. The molecule has 1 aromatic heterocycles. The second-order valence-electron chi connectivity index (χ2n) is 9.27. The van der Waals surface area contributed by atoms with Crippen LogP contribution in [0.1, 0.15) is 18.4 Å². The SMILES string of the molecule is O=C1NC(=O)C(Cc2ccc(OCCCCOc3c(-c4ccc(O)c(O)c4)oc4cc(O)cc(O)c4c3=O)cc2)O1. The number of phenols is 4. The Balaban J connectivity index is 1.21. The highest BCUT2D eigenvalue weighted by molar-refractivity contribution is 6.00. The summed E-state index contributed by atoms with van der Waals surface area (Å²) in [6.07, 6.45) is -0.300. The van der Waals surface area contributed by atoms with Gasteiger partial charge in [0.25, 0.3) is 5.91 Å². The van der Waals surface area contributed by atoms with E-state index in [0.717, 1.165) is 11.6 Å². The van der Waals surface area contributed by atoms with Crippen molar-refractivity contribution in [1.29, 1.82) is 0 Å². The van der Waals surface area contributed by atoms with Crippen molar-refractivity contribution in [3.63, 3.8) is 0 Å². The maximum atomic E-state index is 13.3. The van der Waals surface area contributed by atoms with Crippen molar-refractivity contribution in [1.82, 2.24) is 5.32 Å². The minimum atomic E-state index is -0.851. The number of fused-ring (bicyclic) bond motifs is 1. The molecular weight excluding hydrogens is 538 g/mol. The lowest BCUT2D eigenvalue weighted by Gasteiger charge is -2.13. The third-order valence-electron chi connectivity index (χ3n) is 6.32. The van der Waals surface area contributed by atoms with Crippen LogP contribution in [-0.4, -0.2) is 51.7 Å². The number of benzene rings is 3. The first-order chi connectivity index (χ1) is 19.7. The molecule has 1 unspecified atom stereocenters. The second-order valence-corrected chi connectivity index (χ2v) is 9.27. The molecule has 1 aliphatic heterocycles. The first kappa shape index (κ1) is 27.2. The van der Waals surface area contributed by atoms with Gasteiger partial charge in [0.2, 0.25) is 11.2 Å². The predicted octanol–water partition coefficient (Wildman–Crippen LogP) is 3.70. The topological polar surface area (TPSA) is 185 Å². The van der Waals surface area contributed by atoms with Gasteiger partial charge < -0.3 is 39.1 Å². The van der Waals surface area contributed by atoms with E-state index in [9.17, 15) is 34.8 Å². The van der Waals surface area contributed by atoms with Crippen molar-refractivity contribution in [3.8, 4) is 45.8 Å². The van der Waals surface area contributed by atoms with E-state index in [-0.39, 0.29) is 52.6 Å². The molecule has 1 aliphatic rings. The molecule has 212 valence electrons. The van der Waals surface area contributed by atoms with Gasteiger partial charge in [-0.05, 0) is 48.7 Å². The monoisotopic (exact) mass is 563 g/mol. The number of carbonyl (C=O) groups is 2. The average molecular weight is 564 g/mol. The fourth-order valence-corrected chi connectivity index (χ4v) is 4.29. The molecule has 0 saturated carbocycles. The van der Waals surface area contributed by atoms with Crippen molar-refractivity contribution in [2.24, 2.45) is 0 Å². The summed E-state index contributed by atoms with van der Waals surface area (Å²) in [4.78, 5) is 36.1. The van der Waals surface area contributed by atoms with Crippen LogP contribution >= 0.6 is 0 Å². The van der Waals surface area contributed by atoms with Crippen LogP contribution in [0.25, 0.3) is 22.3 Å². The lowest BCUT2D eigenvalue weighted by molar-refractivity contribution is -0.123. The van der Waals surface area contributed by atoms with Gasteiger partial charge in [0.05, 0.1) is 13.2 Å². The molecule has 0 aliphatic carbocycles. The number of aromatic hydroxyl groups is 4. The molecule has 41 heavy (non-hydrogen) atoms. The fourth-order valence-electron chi connectivity index (χ4n) is 4.29. The molecule has 5 rings (SSSR count). The Bertz CT molecular complexity index is 1680. The van der Waals surface area contributed by atoms with Crippen LogP contribution in [0.4, 0.5) is 4.79 Å². The zero-order valence-corrected chi connectivity index (χ0v) is 21.5. The number of hydrogen-bond donors (Lipinski definition) is 5. The number of cyclic esters (lactones) is 1. The summed E-state index contributed by atoms with van der Waals surface area (Å²) in [5, 5.41) is 41.6. The van der Waals surface area contributed by atoms with E-state index in [1.807, 2.05) is 0 Å².